The minimum Gasteiger partial charge on any atom is -0.398 e. The average Bonchev–Trinajstić information content (AvgIpc) is 2.31. The summed E-state index contributed by atoms with van der Waals surface area (Å²) in [4.78, 5) is 4.17. The largest absolute Gasteiger partial charge is 0.398 e. The molecule has 1 aromatic carbocycles. The summed E-state index contributed by atoms with van der Waals surface area (Å²) in [5, 5.41) is 4.31. The highest BCUT2D eigenvalue weighted by Crippen LogP contribution is 2.28. The van der Waals surface area contributed by atoms with Gasteiger partial charge >= 0.3 is 0 Å². The maximum Gasteiger partial charge on any atom is 0.136 e. The Kier molecular flexibility index (Phi) is 3.13. The predicted octanol–water partition coefficient (Wildman–Crippen LogP) is 3.02. The van der Waals surface area contributed by atoms with E-state index < -0.39 is 0 Å². The Balaban J connectivity index is 2.52. The number of aromatic nitrogens is 1. The van der Waals surface area contributed by atoms with Crippen molar-refractivity contribution in [3.63, 3.8) is 0 Å². The first-order chi connectivity index (χ1) is 8.09. The lowest BCUT2D eigenvalue weighted by Gasteiger charge is -2.12. The maximum absolute atomic E-state index is 13.8. The smallest absolute Gasteiger partial charge is 0.136 e. The van der Waals surface area contributed by atoms with Crippen LogP contribution >= 0.6 is 0 Å². The Hall–Kier alpha value is -1.84. The van der Waals surface area contributed by atoms with Gasteiger partial charge in [-0.3, -0.25) is 0 Å². The summed E-state index contributed by atoms with van der Waals surface area (Å²) in [6.45, 7) is 4.92. The van der Waals surface area contributed by atoms with E-state index >= 15 is 0 Å². The molecule has 4 heteroatoms. The minimum absolute atomic E-state index is 0.298. The number of nitrogens with two attached hydrogens (primary N) is 1. The zero-order valence-electron chi connectivity index (χ0n) is 10.00. The van der Waals surface area contributed by atoms with Crippen molar-refractivity contribution in [2.75, 3.05) is 17.6 Å². The number of nitrogens with one attached hydrogen (secondary N) is 1. The van der Waals surface area contributed by atoms with Crippen LogP contribution in [0, 0.1) is 11.7 Å². The fourth-order valence-corrected chi connectivity index (χ4v) is 1.71. The van der Waals surface area contributed by atoms with Crippen molar-refractivity contribution < 1.29 is 4.39 Å². The van der Waals surface area contributed by atoms with Gasteiger partial charge in [0.15, 0.2) is 0 Å². The van der Waals surface area contributed by atoms with E-state index in [1.54, 1.807) is 18.3 Å². The Morgan fingerprint density at radius 2 is 2.12 bits per heavy atom. The van der Waals surface area contributed by atoms with Crippen LogP contribution in [0.15, 0.2) is 24.4 Å². The van der Waals surface area contributed by atoms with Crippen molar-refractivity contribution in [3.05, 3.63) is 30.2 Å². The number of halogens is 1. The number of nitrogen functional groups attached to an aromatic ring is 1. The molecule has 0 fully saturated rings. The van der Waals surface area contributed by atoms with Crippen molar-refractivity contribution in [1.82, 2.24) is 4.98 Å². The normalized spacial score (nSPS) is 11.1. The van der Waals surface area contributed by atoms with Crippen LogP contribution in [-0.2, 0) is 0 Å². The second kappa shape index (κ2) is 4.57. The standard InChI is InChI=1S/C13H16FN3/c1-8(2)7-17-13-12-9(5-6-16-13)11(15)4-3-10(12)14/h3-6,8H,7,15H2,1-2H3,(H,16,17). The van der Waals surface area contributed by atoms with Gasteiger partial charge in [-0.05, 0) is 24.1 Å². The molecule has 0 saturated heterocycles. The average molecular weight is 233 g/mol. The molecule has 3 N–H and O–H groups in total. The molecule has 1 aromatic heterocycles. The van der Waals surface area contributed by atoms with Crippen LogP contribution in [0.5, 0.6) is 0 Å². The van der Waals surface area contributed by atoms with E-state index in [-0.39, 0.29) is 5.82 Å². The van der Waals surface area contributed by atoms with Gasteiger partial charge in [-0.2, -0.15) is 0 Å². The maximum atomic E-state index is 13.8. The Morgan fingerprint density at radius 3 is 2.82 bits per heavy atom. The van der Waals surface area contributed by atoms with Crippen LogP contribution in [0.2, 0.25) is 0 Å². The van der Waals surface area contributed by atoms with Crippen molar-refractivity contribution in [2.24, 2.45) is 5.92 Å². The van der Waals surface area contributed by atoms with E-state index in [4.69, 9.17) is 5.73 Å². The fraction of sp³-hybridized carbons (Fsp3) is 0.308. The van der Waals surface area contributed by atoms with Crippen LogP contribution in [0.1, 0.15) is 13.8 Å². The molecule has 0 saturated carbocycles. The number of pyridine rings is 1. The molecule has 0 amide bonds. The zero-order chi connectivity index (χ0) is 12.4. The number of rotatable bonds is 3. The minimum atomic E-state index is -0.298. The molecule has 2 aromatic rings. The molecule has 2 rings (SSSR count). The number of nitrogens with zero attached hydrogens (tertiary/aromatic N) is 1. The van der Waals surface area contributed by atoms with Crippen molar-refractivity contribution >= 4 is 22.3 Å². The quantitative estimate of drug-likeness (QED) is 0.801. The van der Waals surface area contributed by atoms with Crippen LogP contribution in [0.4, 0.5) is 15.9 Å². The number of benzene rings is 1. The number of hydrogen-bond acceptors (Lipinski definition) is 3. The van der Waals surface area contributed by atoms with Crippen LogP contribution in [-0.4, -0.2) is 11.5 Å². The lowest BCUT2D eigenvalue weighted by atomic mass is 10.1. The molecule has 0 bridgehead atoms. The molecular weight excluding hydrogens is 217 g/mol. The highest BCUT2D eigenvalue weighted by Gasteiger charge is 2.09. The summed E-state index contributed by atoms with van der Waals surface area (Å²) < 4.78 is 13.8. The second-order valence-electron chi connectivity index (χ2n) is 4.49. The third-order valence-corrected chi connectivity index (χ3v) is 2.59. The zero-order valence-corrected chi connectivity index (χ0v) is 10.00. The molecule has 0 aliphatic rings. The van der Waals surface area contributed by atoms with Crippen molar-refractivity contribution in [1.29, 1.82) is 0 Å². The Labute approximate surface area is 99.8 Å². The van der Waals surface area contributed by atoms with Crippen LogP contribution in [0.25, 0.3) is 10.8 Å². The molecule has 17 heavy (non-hydrogen) atoms. The van der Waals surface area contributed by atoms with Gasteiger partial charge < -0.3 is 11.1 Å². The first-order valence-corrected chi connectivity index (χ1v) is 5.66. The van der Waals surface area contributed by atoms with E-state index in [9.17, 15) is 4.39 Å². The van der Waals surface area contributed by atoms with Gasteiger partial charge in [0.05, 0.1) is 5.39 Å². The van der Waals surface area contributed by atoms with E-state index in [0.717, 1.165) is 6.54 Å². The summed E-state index contributed by atoms with van der Waals surface area (Å²) in [6.07, 6.45) is 1.64. The molecule has 0 spiro atoms. The molecule has 0 aliphatic heterocycles. The van der Waals surface area contributed by atoms with Gasteiger partial charge in [-0.15, -0.1) is 0 Å². The summed E-state index contributed by atoms with van der Waals surface area (Å²) in [6, 6.07) is 4.68. The predicted molar refractivity (Wildman–Crippen MR) is 69.4 cm³/mol. The van der Waals surface area contributed by atoms with E-state index in [1.165, 1.54) is 6.07 Å². The monoisotopic (exact) mass is 233 g/mol. The highest BCUT2D eigenvalue weighted by molar-refractivity contribution is 5.99. The molecular formula is C13H16FN3. The lowest BCUT2D eigenvalue weighted by Crippen LogP contribution is -2.10. The fourth-order valence-electron chi connectivity index (χ4n) is 1.71. The Morgan fingerprint density at radius 1 is 1.35 bits per heavy atom. The van der Waals surface area contributed by atoms with Gasteiger partial charge in [0.1, 0.15) is 11.6 Å². The molecule has 1 heterocycles. The highest BCUT2D eigenvalue weighted by atomic mass is 19.1. The van der Waals surface area contributed by atoms with Gasteiger partial charge in [0.25, 0.3) is 0 Å². The first-order valence-electron chi connectivity index (χ1n) is 5.66. The SMILES string of the molecule is CC(C)CNc1nccc2c(N)ccc(F)c12. The third kappa shape index (κ3) is 2.30. The van der Waals surface area contributed by atoms with Crippen molar-refractivity contribution in [2.45, 2.75) is 13.8 Å². The molecule has 0 aliphatic carbocycles. The number of fused-ring (bicyclic) bond motifs is 1. The molecule has 3 nitrogen and oxygen atoms in total. The topological polar surface area (TPSA) is 50.9 Å². The van der Waals surface area contributed by atoms with E-state index in [2.05, 4.69) is 24.1 Å². The van der Waals surface area contributed by atoms with Crippen LogP contribution < -0.4 is 11.1 Å². The van der Waals surface area contributed by atoms with Crippen molar-refractivity contribution in [3.8, 4) is 0 Å². The lowest BCUT2D eigenvalue weighted by molar-refractivity contribution is 0.639. The molecule has 90 valence electrons. The molecule has 0 unspecified atom stereocenters. The summed E-state index contributed by atoms with van der Waals surface area (Å²) >= 11 is 0. The van der Waals surface area contributed by atoms with Gasteiger partial charge in [-0.1, -0.05) is 13.8 Å². The Bertz CT molecular complexity index is 537. The van der Waals surface area contributed by atoms with Gasteiger partial charge in [0.2, 0.25) is 0 Å². The van der Waals surface area contributed by atoms with Gasteiger partial charge in [0, 0.05) is 23.8 Å². The van der Waals surface area contributed by atoms with E-state index in [0.29, 0.717) is 28.2 Å². The number of hydrogen-bond donors (Lipinski definition) is 2. The molecule has 0 radical (unpaired) electrons. The number of anilines is 2. The first kappa shape index (κ1) is 11.6. The second-order valence-corrected chi connectivity index (χ2v) is 4.49. The third-order valence-electron chi connectivity index (χ3n) is 2.59. The van der Waals surface area contributed by atoms with E-state index in [1.807, 2.05) is 0 Å². The summed E-state index contributed by atoms with van der Waals surface area (Å²) in [5.41, 5.74) is 6.39. The van der Waals surface area contributed by atoms with Gasteiger partial charge in [-0.25, -0.2) is 9.37 Å². The molecule has 0 atom stereocenters. The summed E-state index contributed by atoms with van der Waals surface area (Å²) in [7, 11) is 0. The summed E-state index contributed by atoms with van der Waals surface area (Å²) in [5.74, 6) is 0.728. The van der Waals surface area contributed by atoms with Crippen LogP contribution in [0.3, 0.4) is 0 Å².